The summed E-state index contributed by atoms with van der Waals surface area (Å²) in [7, 11) is 1.69. The number of fused-ring (bicyclic) bond motifs is 1. The highest BCUT2D eigenvalue weighted by Gasteiger charge is 2.08. The molecule has 0 saturated heterocycles. The van der Waals surface area contributed by atoms with E-state index in [0.29, 0.717) is 6.04 Å². The molecule has 4 heteroatoms. The molecule has 0 aliphatic carbocycles. The van der Waals surface area contributed by atoms with Gasteiger partial charge in [0, 0.05) is 23.3 Å². The van der Waals surface area contributed by atoms with Crippen molar-refractivity contribution in [3.05, 3.63) is 30.5 Å². The number of hydrogen-bond donors (Lipinski definition) is 1. The van der Waals surface area contributed by atoms with Crippen LogP contribution in [0.25, 0.3) is 10.9 Å². The van der Waals surface area contributed by atoms with Crippen LogP contribution >= 0.6 is 0 Å². The van der Waals surface area contributed by atoms with Gasteiger partial charge in [0.05, 0.1) is 12.6 Å². The van der Waals surface area contributed by atoms with E-state index in [-0.39, 0.29) is 0 Å². The van der Waals surface area contributed by atoms with E-state index >= 15 is 0 Å². The van der Waals surface area contributed by atoms with E-state index in [1.165, 1.54) is 13.0 Å². The lowest BCUT2D eigenvalue weighted by atomic mass is 10.1. The second-order valence-electron chi connectivity index (χ2n) is 5.96. The van der Waals surface area contributed by atoms with Crippen LogP contribution < -0.4 is 10.1 Å². The highest BCUT2D eigenvalue weighted by atomic mass is 16.5. The van der Waals surface area contributed by atoms with Crippen molar-refractivity contribution >= 4 is 16.6 Å². The molecule has 0 bridgehead atoms. The summed E-state index contributed by atoms with van der Waals surface area (Å²) < 4.78 is 5.34. The van der Waals surface area contributed by atoms with Gasteiger partial charge in [-0.2, -0.15) is 0 Å². The first-order chi connectivity index (χ1) is 11.2. The van der Waals surface area contributed by atoms with E-state index in [1.807, 2.05) is 30.5 Å². The Hall–Kier alpha value is -1.81. The van der Waals surface area contributed by atoms with Crippen molar-refractivity contribution in [1.29, 1.82) is 0 Å². The normalized spacial score (nSPS) is 12.6. The summed E-state index contributed by atoms with van der Waals surface area (Å²) in [4.78, 5) is 6.90. The molecule has 0 fully saturated rings. The summed E-state index contributed by atoms with van der Waals surface area (Å²) in [6.45, 7) is 10.1. The molecule has 0 amide bonds. The molecule has 0 spiro atoms. The Morgan fingerprint density at radius 1 is 1.22 bits per heavy atom. The third-order valence-electron chi connectivity index (χ3n) is 4.36. The monoisotopic (exact) mass is 315 g/mol. The molecule has 2 rings (SSSR count). The van der Waals surface area contributed by atoms with Crippen LogP contribution in [0.5, 0.6) is 5.75 Å². The number of ether oxygens (including phenoxy) is 1. The van der Waals surface area contributed by atoms with Gasteiger partial charge in [0.1, 0.15) is 5.75 Å². The van der Waals surface area contributed by atoms with Gasteiger partial charge in [-0.3, -0.25) is 4.98 Å². The van der Waals surface area contributed by atoms with E-state index in [1.54, 1.807) is 7.11 Å². The summed E-state index contributed by atoms with van der Waals surface area (Å²) >= 11 is 0. The lowest BCUT2D eigenvalue weighted by Crippen LogP contribution is -2.25. The van der Waals surface area contributed by atoms with Crippen LogP contribution in [-0.4, -0.2) is 42.7 Å². The fraction of sp³-hybridized carbons (Fsp3) is 0.526. The van der Waals surface area contributed by atoms with E-state index < -0.39 is 0 Å². The van der Waals surface area contributed by atoms with Gasteiger partial charge in [-0.25, -0.2) is 0 Å². The van der Waals surface area contributed by atoms with Crippen LogP contribution in [0.2, 0.25) is 0 Å². The average molecular weight is 315 g/mol. The van der Waals surface area contributed by atoms with Crippen LogP contribution in [0.4, 0.5) is 5.69 Å². The van der Waals surface area contributed by atoms with Crippen molar-refractivity contribution in [2.75, 3.05) is 32.1 Å². The summed E-state index contributed by atoms with van der Waals surface area (Å²) in [6.07, 6.45) is 4.23. The Bertz CT molecular complexity index is 611. The second kappa shape index (κ2) is 8.73. The number of pyridine rings is 1. The first kappa shape index (κ1) is 17.5. The fourth-order valence-corrected chi connectivity index (χ4v) is 2.88. The quantitative estimate of drug-likeness (QED) is 0.754. The van der Waals surface area contributed by atoms with E-state index in [9.17, 15) is 0 Å². The van der Waals surface area contributed by atoms with E-state index in [4.69, 9.17) is 4.74 Å². The summed E-state index contributed by atoms with van der Waals surface area (Å²) in [5.41, 5.74) is 2.12. The predicted octanol–water partition coefficient (Wildman–Crippen LogP) is 4.17. The maximum absolute atomic E-state index is 5.34. The largest absolute Gasteiger partial charge is 0.497 e. The fourth-order valence-electron chi connectivity index (χ4n) is 2.88. The lowest BCUT2D eigenvalue weighted by molar-refractivity contribution is 0.295. The van der Waals surface area contributed by atoms with Crippen LogP contribution in [0.15, 0.2) is 30.5 Å². The second-order valence-corrected chi connectivity index (χ2v) is 5.96. The first-order valence-corrected chi connectivity index (χ1v) is 8.59. The Kier molecular flexibility index (Phi) is 6.66. The molecule has 1 atom stereocenters. The summed E-state index contributed by atoms with van der Waals surface area (Å²) in [5.74, 6) is 0.864. The van der Waals surface area contributed by atoms with Gasteiger partial charge >= 0.3 is 0 Å². The van der Waals surface area contributed by atoms with Crippen LogP contribution in [0.1, 0.15) is 33.6 Å². The molecule has 0 aliphatic heterocycles. The number of aromatic nitrogens is 1. The maximum Gasteiger partial charge on any atom is 0.119 e. The van der Waals surface area contributed by atoms with Gasteiger partial charge < -0.3 is 15.0 Å². The molecule has 0 saturated carbocycles. The molecule has 0 aliphatic rings. The average Bonchev–Trinajstić information content (AvgIpc) is 2.58. The minimum Gasteiger partial charge on any atom is -0.497 e. The van der Waals surface area contributed by atoms with E-state index in [0.717, 1.165) is 41.9 Å². The molecular weight excluding hydrogens is 286 g/mol. The molecular formula is C19H29N3O. The molecule has 1 heterocycles. The van der Waals surface area contributed by atoms with Crippen molar-refractivity contribution in [2.24, 2.45) is 0 Å². The van der Waals surface area contributed by atoms with Gasteiger partial charge in [-0.05, 0) is 63.7 Å². The van der Waals surface area contributed by atoms with Crippen molar-refractivity contribution in [2.45, 2.75) is 39.7 Å². The van der Waals surface area contributed by atoms with Gasteiger partial charge in [0.2, 0.25) is 0 Å². The molecule has 1 N–H and O–H groups in total. The van der Waals surface area contributed by atoms with Gasteiger partial charge in [0.15, 0.2) is 0 Å². The maximum atomic E-state index is 5.34. The highest BCUT2D eigenvalue weighted by Crippen LogP contribution is 2.26. The van der Waals surface area contributed by atoms with Crippen molar-refractivity contribution < 1.29 is 4.74 Å². The third-order valence-corrected chi connectivity index (χ3v) is 4.36. The zero-order valence-corrected chi connectivity index (χ0v) is 14.8. The Morgan fingerprint density at radius 3 is 2.70 bits per heavy atom. The van der Waals surface area contributed by atoms with Crippen LogP contribution in [0.3, 0.4) is 0 Å². The molecule has 1 aromatic carbocycles. The number of rotatable bonds is 9. The molecule has 2 aromatic rings. The predicted molar refractivity (Wildman–Crippen MR) is 98.4 cm³/mol. The van der Waals surface area contributed by atoms with Crippen molar-refractivity contribution in [1.82, 2.24) is 9.88 Å². The topological polar surface area (TPSA) is 37.4 Å². The zero-order chi connectivity index (χ0) is 16.7. The zero-order valence-electron chi connectivity index (χ0n) is 14.8. The van der Waals surface area contributed by atoms with E-state index in [2.05, 4.69) is 36.0 Å². The molecule has 23 heavy (non-hydrogen) atoms. The van der Waals surface area contributed by atoms with Gasteiger partial charge in [-0.1, -0.05) is 13.8 Å². The highest BCUT2D eigenvalue weighted by molar-refractivity contribution is 5.92. The van der Waals surface area contributed by atoms with Gasteiger partial charge in [0.25, 0.3) is 0 Å². The van der Waals surface area contributed by atoms with Crippen molar-refractivity contribution in [3.63, 3.8) is 0 Å². The Balaban J connectivity index is 2.00. The Labute approximate surface area is 139 Å². The molecule has 0 radical (unpaired) electrons. The molecule has 0 unspecified atom stereocenters. The number of nitrogens with one attached hydrogen (secondary N) is 1. The minimum atomic E-state index is 0.433. The van der Waals surface area contributed by atoms with Crippen LogP contribution in [0, 0.1) is 0 Å². The number of methoxy groups -OCH3 is 1. The Morgan fingerprint density at radius 2 is 2.00 bits per heavy atom. The number of benzene rings is 1. The third kappa shape index (κ3) is 4.83. The summed E-state index contributed by atoms with van der Waals surface area (Å²) in [5, 5.41) is 4.75. The first-order valence-electron chi connectivity index (χ1n) is 8.59. The number of nitrogens with zero attached hydrogens (tertiary/aromatic N) is 2. The molecule has 4 nitrogen and oxygen atoms in total. The van der Waals surface area contributed by atoms with Gasteiger partial charge in [-0.15, -0.1) is 0 Å². The number of anilines is 1. The molecule has 126 valence electrons. The minimum absolute atomic E-state index is 0.433. The van der Waals surface area contributed by atoms with Crippen molar-refractivity contribution in [3.8, 4) is 5.75 Å². The lowest BCUT2D eigenvalue weighted by Gasteiger charge is -2.20. The van der Waals surface area contributed by atoms with Crippen LogP contribution in [-0.2, 0) is 0 Å². The summed E-state index contributed by atoms with van der Waals surface area (Å²) in [6, 6.07) is 8.48. The SMILES string of the molecule is CCN(CC)CCC[C@@H](C)Nc1ccnc2ccc(OC)cc12. The molecule has 1 aromatic heterocycles. The number of hydrogen-bond acceptors (Lipinski definition) is 4. The smallest absolute Gasteiger partial charge is 0.119 e. The standard InChI is InChI=1S/C19H29N3O/c1-5-22(6-2)13-7-8-15(3)21-19-11-12-20-18-10-9-16(23-4)14-17(18)19/h9-12,14-15H,5-8,13H2,1-4H3,(H,20,21)/t15-/m1/s1.